The fraction of sp³-hybridized carbons (Fsp3) is 0.619. The number of anilines is 1. The van der Waals surface area contributed by atoms with E-state index in [1.54, 1.807) is 18.6 Å². The minimum atomic E-state index is -0.679. The first-order valence-corrected chi connectivity index (χ1v) is 10.3. The fourth-order valence-corrected chi connectivity index (χ4v) is 5.07. The third-order valence-corrected chi connectivity index (χ3v) is 6.69. The standard InChI is InChI=1S/C21H30FN5O3/c1-11-17-13(19(28)27(24)20(29)26(17)12-5-6-12)7-15(22)18(11)25-8-14(16(23)9-30-4)21(2,3)10-25/h7,12,14,16H,5-6,8-10,23-24H2,1-4H3/t14?,16-/m0/s1. The third kappa shape index (κ3) is 3.11. The molecule has 4 rings (SSSR count). The number of halogens is 1. The van der Waals surface area contributed by atoms with Gasteiger partial charge < -0.3 is 21.2 Å². The topological polar surface area (TPSA) is 109 Å². The van der Waals surface area contributed by atoms with E-state index < -0.39 is 17.1 Å². The van der Waals surface area contributed by atoms with Crippen molar-refractivity contribution in [3.8, 4) is 0 Å². The predicted octanol–water partition coefficient (Wildman–Crippen LogP) is 1.10. The summed E-state index contributed by atoms with van der Waals surface area (Å²) in [6.45, 7) is 7.62. The van der Waals surface area contributed by atoms with E-state index in [0.29, 0.717) is 41.1 Å². The first-order valence-electron chi connectivity index (χ1n) is 10.3. The number of nitrogens with two attached hydrogens (primary N) is 2. The van der Waals surface area contributed by atoms with Crippen molar-refractivity contribution in [2.75, 3.05) is 37.5 Å². The molecule has 4 N–H and O–H groups in total. The Morgan fingerprint density at radius 3 is 2.60 bits per heavy atom. The smallest absolute Gasteiger partial charge is 0.350 e. The number of nitrogens with zero attached hydrogens (tertiary/aromatic N) is 3. The highest BCUT2D eigenvalue weighted by Gasteiger charge is 2.44. The van der Waals surface area contributed by atoms with Gasteiger partial charge in [-0.2, -0.15) is 4.68 Å². The summed E-state index contributed by atoms with van der Waals surface area (Å²) in [5.74, 6) is 5.32. The number of hydrogen-bond donors (Lipinski definition) is 2. The van der Waals surface area contributed by atoms with Gasteiger partial charge >= 0.3 is 5.69 Å². The predicted molar refractivity (Wildman–Crippen MR) is 115 cm³/mol. The Labute approximate surface area is 174 Å². The molecule has 1 aromatic heterocycles. The highest BCUT2D eigenvalue weighted by atomic mass is 19.1. The maximum atomic E-state index is 15.3. The van der Waals surface area contributed by atoms with E-state index >= 15 is 4.39 Å². The molecule has 0 spiro atoms. The summed E-state index contributed by atoms with van der Waals surface area (Å²) in [6.07, 6.45) is 1.67. The van der Waals surface area contributed by atoms with Crippen LogP contribution in [0.4, 0.5) is 10.1 Å². The van der Waals surface area contributed by atoms with Gasteiger partial charge in [-0.3, -0.25) is 9.36 Å². The van der Waals surface area contributed by atoms with Crippen molar-refractivity contribution >= 4 is 16.6 Å². The Bertz CT molecular complexity index is 1120. The summed E-state index contributed by atoms with van der Waals surface area (Å²) in [4.78, 5) is 27.3. The molecular weight excluding hydrogens is 389 g/mol. The molecule has 164 valence electrons. The van der Waals surface area contributed by atoms with Crippen molar-refractivity contribution in [1.29, 1.82) is 0 Å². The highest BCUT2D eigenvalue weighted by molar-refractivity contribution is 5.87. The second kappa shape index (κ2) is 7.09. The molecule has 2 aliphatic rings. The fourth-order valence-electron chi connectivity index (χ4n) is 5.07. The molecule has 1 aromatic carbocycles. The van der Waals surface area contributed by atoms with Crippen molar-refractivity contribution in [3.05, 3.63) is 38.3 Å². The molecule has 1 unspecified atom stereocenters. The number of fused-ring (bicyclic) bond motifs is 1. The van der Waals surface area contributed by atoms with Gasteiger partial charge in [-0.1, -0.05) is 13.8 Å². The molecule has 0 bridgehead atoms. The first-order chi connectivity index (χ1) is 14.1. The number of rotatable bonds is 5. The largest absolute Gasteiger partial charge is 0.383 e. The van der Waals surface area contributed by atoms with E-state index in [2.05, 4.69) is 13.8 Å². The van der Waals surface area contributed by atoms with Crippen LogP contribution in [0.25, 0.3) is 10.9 Å². The van der Waals surface area contributed by atoms with E-state index in [9.17, 15) is 9.59 Å². The van der Waals surface area contributed by atoms with Gasteiger partial charge in [-0.05, 0) is 31.2 Å². The molecule has 2 aromatic rings. The summed E-state index contributed by atoms with van der Waals surface area (Å²) in [7, 11) is 1.62. The van der Waals surface area contributed by atoms with Gasteiger partial charge in [0.2, 0.25) is 0 Å². The van der Waals surface area contributed by atoms with Crippen LogP contribution in [0.3, 0.4) is 0 Å². The SMILES string of the molecule is COC[C@H](N)C1CN(c2c(F)cc3c(=O)n(N)c(=O)n(C4CC4)c3c2C)CC1(C)C. The number of ether oxygens (including phenoxy) is 1. The van der Waals surface area contributed by atoms with Crippen molar-refractivity contribution in [3.63, 3.8) is 0 Å². The molecule has 2 fully saturated rings. The van der Waals surface area contributed by atoms with Crippen LogP contribution in [-0.4, -0.2) is 42.1 Å². The molecule has 9 heteroatoms. The molecule has 30 heavy (non-hydrogen) atoms. The Morgan fingerprint density at radius 1 is 1.33 bits per heavy atom. The molecule has 2 atom stereocenters. The Morgan fingerprint density at radius 2 is 2.00 bits per heavy atom. The number of methoxy groups -OCH3 is 1. The molecule has 2 heterocycles. The maximum Gasteiger partial charge on any atom is 0.350 e. The number of aromatic nitrogens is 2. The minimum absolute atomic E-state index is 0.00898. The van der Waals surface area contributed by atoms with Gasteiger partial charge in [0.1, 0.15) is 5.82 Å². The van der Waals surface area contributed by atoms with E-state index in [4.69, 9.17) is 16.3 Å². The van der Waals surface area contributed by atoms with Gasteiger partial charge in [-0.25, -0.2) is 9.18 Å². The molecule has 8 nitrogen and oxygen atoms in total. The lowest BCUT2D eigenvalue weighted by Gasteiger charge is -2.29. The molecular formula is C21H30FN5O3. The molecule has 1 saturated heterocycles. The van der Waals surface area contributed by atoms with Gasteiger partial charge in [0.25, 0.3) is 5.56 Å². The zero-order valence-corrected chi connectivity index (χ0v) is 17.9. The van der Waals surface area contributed by atoms with Crippen LogP contribution in [0.1, 0.15) is 38.3 Å². The average Bonchev–Trinajstić information content (AvgIpc) is 3.44. The lowest BCUT2D eigenvalue weighted by atomic mass is 9.78. The number of benzene rings is 1. The lowest BCUT2D eigenvalue weighted by molar-refractivity contribution is 0.130. The van der Waals surface area contributed by atoms with Crippen molar-refractivity contribution < 1.29 is 9.13 Å². The van der Waals surface area contributed by atoms with Crippen LogP contribution in [0, 0.1) is 24.1 Å². The third-order valence-electron chi connectivity index (χ3n) is 6.69. The van der Waals surface area contributed by atoms with Crippen LogP contribution >= 0.6 is 0 Å². The Balaban J connectivity index is 1.89. The average molecular weight is 420 g/mol. The van der Waals surface area contributed by atoms with Gasteiger partial charge in [0, 0.05) is 43.8 Å². The quantitative estimate of drug-likeness (QED) is 0.703. The normalized spacial score (nSPS) is 22.1. The molecule has 0 radical (unpaired) electrons. The minimum Gasteiger partial charge on any atom is -0.383 e. The number of nitrogen functional groups attached to an aromatic ring is 1. The van der Waals surface area contributed by atoms with Crippen molar-refractivity contribution in [1.82, 2.24) is 9.24 Å². The van der Waals surface area contributed by atoms with Crippen LogP contribution in [0.2, 0.25) is 0 Å². The Hall–Kier alpha value is -2.39. The zero-order valence-electron chi connectivity index (χ0n) is 17.9. The molecule has 1 saturated carbocycles. The highest BCUT2D eigenvalue weighted by Crippen LogP contribution is 2.43. The zero-order chi connectivity index (χ0) is 22.0. The second-order valence-electron chi connectivity index (χ2n) is 9.38. The van der Waals surface area contributed by atoms with E-state index in [-0.39, 0.29) is 28.8 Å². The summed E-state index contributed by atoms with van der Waals surface area (Å²) >= 11 is 0. The van der Waals surface area contributed by atoms with E-state index in [1.165, 1.54) is 6.07 Å². The molecule has 1 aliphatic carbocycles. The maximum absolute atomic E-state index is 15.3. The molecule has 1 aliphatic heterocycles. The van der Waals surface area contributed by atoms with Gasteiger partial charge in [0.15, 0.2) is 0 Å². The summed E-state index contributed by atoms with van der Waals surface area (Å²) in [6, 6.07) is 1.04. The van der Waals surface area contributed by atoms with Crippen LogP contribution < -0.4 is 27.7 Å². The van der Waals surface area contributed by atoms with Crippen molar-refractivity contribution in [2.24, 2.45) is 17.1 Å². The van der Waals surface area contributed by atoms with E-state index in [0.717, 1.165) is 12.8 Å². The van der Waals surface area contributed by atoms with Gasteiger partial charge in [0.05, 0.1) is 23.2 Å². The van der Waals surface area contributed by atoms with Crippen LogP contribution in [0.15, 0.2) is 15.7 Å². The Kier molecular flexibility index (Phi) is 4.93. The first kappa shape index (κ1) is 20.9. The summed E-state index contributed by atoms with van der Waals surface area (Å²) < 4.78 is 22.7. The number of aryl methyl sites for hydroxylation is 1. The summed E-state index contributed by atoms with van der Waals surface area (Å²) in [5, 5.41) is 0.133. The summed E-state index contributed by atoms with van der Waals surface area (Å²) in [5.41, 5.74) is 6.45. The second-order valence-corrected chi connectivity index (χ2v) is 9.38. The van der Waals surface area contributed by atoms with Gasteiger partial charge in [-0.15, -0.1) is 0 Å². The number of hydrogen-bond acceptors (Lipinski definition) is 6. The lowest BCUT2D eigenvalue weighted by Crippen LogP contribution is -2.44. The van der Waals surface area contributed by atoms with E-state index in [1.807, 2.05) is 4.90 Å². The monoisotopic (exact) mass is 419 g/mol. The molecule has 0 amide bonds. The van der Waals surface area contributed by atoms with Crippen LogP contribution in [-0.2, 0) is 4.74 Å². The van der Waals surface area contributed by atoms with Crippen molar-refractivity contribution in [2.45, 2.75) is 45.7 Å². The van der Waals surface area contributed by atoms with Crippen LogP contribution in [0.5, 0.6) is 0 Å².